The molecule has 1 aromatic carbocycles. The molecule has 0 spiro atoms. The lowest BCUT2D eigenvalue weighted by Crippen LogP contribution is -2.35. The van der Waals surface area contributed by atoms with Crippen LogP contribution in [0.2, 0.25) is 0 Å². The number of benzene rings is 1. The van der Waals surface area contributed by atoms with E-state index >= 15 is 0 Å². The van der Waals surface area contributed by atoms with Gasteiger partial charge < -0.3 is 10.5 Å². The Morgan fingerprint density at radius 1 is 1.25 bits per heavy atom. The number of nitrogens with zero attached hydrogens (tertiary/aromatic N) is 1. The zero-order valence-electron chi connectivity index (χ0n) is 15.6. The number of nitrogens with two attached hydrogens (primary N) is 2. The number of Topliss-reactive ketones (excluding diaryl/α,β-unsaturated/α-hetero) is 1. The van der Waals surface area contributed by atoms with Crippen LogP contribution >= 0.6 is 0 Å². The monoisotopic (exact) mass is 379 g/mol. The highest BCUT2D eigenvalue weighted by atomic mass is 19.1. The molecule has 5 N–H and O–H groups in total. The summed E-state index contributed by atoms with van der Waals surface area (Å²) in [7, 11) is 0. The van der Waals surface area contributed by atoms with Crippen molar-refractivity contribution in [3.63, 3.8) is 0 Å². The first-order valence-electron chi connectivity index (χ1n) is 8.95. The predicted molar refractivity (Wildman–Crippen MR) is 100 cm³/mol. The summed E-state index contributed by atoms with van der Waals surface area (Å²) in [5, 5.41) is 9.45. The highest BCUT2D eigenvalue weighted by molar-refractivity contribution is 6.00. The maximum Gasteiger partial charge on any atom is 0.293 e. The van der Waals surface area contributed by atoms with Gasteiger partial charge in [-0.15, -0.1) is 0 Å². The van der Waals surface area contributed by atoms with Crippen LogP contribution in [-0.4, -0.2) is 5.78 Å². The van der Waals surface area contributed by atoms with Crippen molar-refractivity contribution in [1.29, 1.82) is 5.26 Å². The van der Waals surface area contributed by atoms with E-state index in [9.17, 15) is 14.4 Å². The van der Waals surface area contributed by atoms with Crippen LogP contribution in [-0.2, 0) is 4.79 Å². The number of nitrogen functional groups attached to an aromatic ring is 2. The summed E-state index contributed by atoms with van der Waals surface area (Å²) < 4.78 is 19.6. The van der Waals surface area contributed by atoms with Crippen LogP contribution in [0.25, 0.3) is 0 Å². The van der Waals surface area contributed by atoms with Gasteiger partial charge in [0.15, 0.2) is 11.3 Å². The molecule has 0 unspecified atom stereocenters. The number of rotatable bonds is 1. The Morgan fingerprint density at radius 3 is 2.57 bits per heavy atom. The highest BCUT2D eigenvalue weighted by Crippen LogP contribution is 2.51. The van der Waals surface area contributed by atoms with Gasteiger partial charge in [0.1, 0.15) is 17.6 Å². The Labute approximate surface area is 161 Å². The molecule has 1 aromatic heterocycles. The molecule has 0 fully saturated rings. The standard InChI is InChI=1S/C21H19FN4O2/c1-21(2)7-13(27)16-14(8-21)28-20-17(18(24)12(9-23)19(25)26-20)15(16)10-3-5-11(22)6-4-10/h3-6,15H,7-8H2,1-2H3,(H4,24,25,26)/p+1/t15-/m1/s1. The molecule has 0 bridgehead atoms. The minimum atomic E-state index is -0.563. The van der Waals surface area contributed by atoms with Crippen LogP contribution in [0.15, 0.2) is 35.6 Å². The van der Waals surface area contributed by atoms with Crippen LogP contribution in [0.3, 0.4) is 0 Å². The molecular formula is C21H20FN4O2+. The largest absolute Gasteiger partial charge is 0.427 e. The van der Waals surface area contributed by atoms with Gasteiger partial charge in [-0.25, -0.2) is 9.37 Å². The number of aromatic amines is 1. The molecule has 1 aliphatic carbocycles. The molecule has 7 heteroatoms. The molecule has 0 amide bonds. The van der Waals surface area contributed by atoms with Crippen molar-refractivity contribution in [2.75, 3.05) is 11.5 Å². The van der Waals surface area contributed by atoms with E-state index in [1.54, 1.807) is 12.1 Å². The minimum absolute atomic E-state index is 0.0408. The van der Waals surface area contributed by atoms with Crippen LogP contribution in [0.5, 0.6) is 5.88 Å². The number of ketones is 1. The summed E-state index contributed by atoms with van der Waals surface area (Å²) >= 11 is 0. The van der Waals surface area contributed by atoms with Crippen molar-refractivity contribution in [3.05, 3.63) is 58.1 Å². The fourth-order valence-corrected chi connectivity index (χ4v) is 4.09. The van der Waals surface area contributed by atoms with E-state index in [1.165, 1.54) is 12.1 Å². The minimum Gasteiger partial charge on any atom is -0.427 e. The Balaban J connectivity index is 2.02. The Bertz CT molecular complexity index is 1080. The molecule has 0 saturated carbocycles. The van der Waals surface area contributed by atoms with Gasteiger partial charge in [0.25, 0.3) is 11.7 Å². The second kappa shape index (κ2) is 6.06. The maximum absolute atomic E-state index is 13.5. The number of hydrogen-bond donors (Lipinski definition) is 2. The van der Waals surface area contributed by atoms with Gasteiger partial charge in [-0.2, -0.15) is 5.26 Å². The summed E-state index contributed by atoms with van der Waals surface area (Å²) in [6, 6.07) is 7.91. The molecule has 2 aromatic rings. The number of halogens is 1. The van der Waals surface area contributed by atoms with E-state index in [-0.39, 0.29) is 34.1 Å². The van der Waals surface area contributed by atoms with E-state index in [0.717, 1.165) is 0 Å². The number of nitriles is 1. The molecule has 2 heterocycles. The number of ether oxygens (including phenoxy) is 1. The van der Waals surface area contributed by atoms with Crippen molar-refractivity contribution in [1.82, 2.24) is 0 Å². The number of allylic oxidation sites excluding steroid dienone is 2. The SMILES string of the molecule is CC1(C)CC(=O)C2=C(C1)Oc1[nH+]c(N)c(C#N)c(N)c1[C@@H]2c1ccc(F)cc1. The lowest BCUT2D eigenvalue weighted by atomic mass is 9.70. The second-order valence-electron chi connectivity index (χ2n) is 8.05. The summed E-state index contributed by atoms with van der Waals surface area (Å²) in [6.07, 6.45) is 0.935. The van der Waals surface area contributed by atoms with Gasteiger partial charge in [0.2, 0.25) is 0 Å². The molecular weight excluding hydrogens is 359 g/mol. The first kappa shape index (κ1) is 18.0. The number of anilines is 2. The quantitative estimate of drug-likeness (QED) is 0.790. The van der Waals surface area contributed by atoms with E-state index in [2.05, 4.69) is 4.98 Å². The first-order chi connectivity index (χ1) is 13.2. The number of carbonyl (C=O) groups is 1. The van der Waals surface area contributed by atoms with Gasteiger partial charge in [-0.1, -0.05) is 26.0 Å². The van der Waals surface area contributed by atoms with Crippen LogP contribution in [0.4, 0.5) is 15.9 Å². The molecule has 2 aliphatic rings. The van der Waals surface area contributed by atoms with E-state index in [0.29, 0.717) is 41.2 Å². The summed E-state index contributed by atoms with van der Waals surface area (Å²) in [5.74, 6) is -0.0128. The molecule has 142 valence electrons. The highest BCUT2D eigenvalue weighted by Gasteiger charge is 2.45. The van der Waals surface area contributed by atoms with Crippen molar-refractivity contribution in [2.24, 2.45) is 5.41 Å². The van der Waals surface area contributed by atoms with Gasteiger partial charge in [0.05, 0.1) is 17.2 Å². The zero-order valence-corrected chi connectivity index (χ0v) is 15.6. The predicted octanol–water partition coefficient (Wildman–Crippen LogP) is 2.84. The number of carbonyl (C=O) groups excluding carboxylic acids is 1. The van der Waals surface area contributed by atoms with Gasteiger partial charge >= 0.3 is 0 Å². The number of nitrogens with one attached hydrogen (secondary N) is 1. The third-order valence-corrected chi connectivity index (χ3v) is 5.32. The summed E-state index contributed by atoms with van der Waals surface area (Å²) in [6.45, 7) is 4.01. The smallest absolute Gasteiger partial charge is 0.293 e. The normalized spacial score (nSPS) is 20.1. The third-order valence-electron chi connectivity index (χ3n) is 5.32. The lowest BCUT2D eigenvalue weighted by Gasteiger charge is -2.37. The Morgan fingerprint density at radius 2 is 1.93 bits per heavy atom. The molecule has 28 heavy (non-hydrogen) atoms. The lowest BCUT2D eigenvalue weighted by molar-refractivity contribution is -0.377. The Kier molecular flexibility index (Phi) is 3.89. The van der Waals surface area contributed by atoms with Crippen molar-refractivity contribution < 1.29 is 18.9 Å². The van der Waals surface area contributed by atoms with Crippen molar-refractivity contribution in [3.8, 4) is 11.9 Å². The van der Waals surface area contributed by atoms with E-state index < -0.39 is 5.92 Å². The molecule has 6 nitrogen and oxygen atoms in total. The molecule has 4 rings (SSSR count). The van der Waals surface area contributed by atoms with Crippen molar-refractivity contribution >= 4 is 17.3 Å². The average molecular weight is 379 g/mol. The number of H-pyrrole nitrogens is 1. The fourth-order valence-electron chi connectivity index (χ4n) is 4.09. The summed E-state index contributed by atoms with van der Waals surface area (Å²) in [4.78, 5) is 16.0. The molecule has 1 aliphatic heterocycles. The number of pyridine rings is 1. The van der Waals surface area contributed by atoms with E-state index in [1.807, 2.05) is 19.9 Å². The maximum atomic E-state index is 13.5. The number of hydrogen-bond acceptors (Lipinski definition) is 5. The Hall–Kier alpha value is -3.40. The van der Waals surface area contributed by atoms with Gasteiger partial charge in [-0.05, 0) is 23.1 Å². The van der Waals surface area contributed by atoms with Gasteiger partial charge in [-0.3, -0.25) is 10.5 Å². The third kappa shape index (κ3) is 2.69. The van der Waals surface area contributed by atoms with E-state index in [4.69, 9.17) is 16.2 Å². The van der Waals surface area contributed by atoms with Crippen LogP contribution in [0, 0.1) is 22.6 Å². The summed E-state index contributed by atoms with van der Waals surface area (Å²) in [5.41, 5.74) is 13.9. The second-order valence-corrected chi connectivity index (χ2v) is 8.05. The molecule has 1 atom stereocenters. The van der Waals surface area contributed by atoms with Crippen molar-refractivity contribution in [2.45, 2.75) is 32.6 Å². The first-order valence-corrected chi connectivity index (χ1v) is 8.95. The molecule has 0 radical (unpaired) electrons. The number of fused-ring (bicyclic) bond motifs is 1. The van der Waals surface area contributed by atoms with Crippen LogP contribution < -0.4 is 21.2 Å². The number of aromatic nitrogens is 1. The molecule has 0 saturated heterocycles. The van der Waals surface area contributed by atoms with Gasteiger partial charge in [0, 0.05) is 18.4 Å². The topological polar surface area (TPSA) is 116 Å². The average Bonchev–Trinajstić information content (AvgIpc) is 2.60. The van der Waals surface area contributed by atoms with Crippen LogP contribution in [0.1, 0.15) is 49.3 Å². The zero-order chi connectivity index (χ0) is 20.2. The fraction of sp³-hybridized carbons (Fsp3) is 0.286.